The Morgan fingerprint density at radius 3 is 2.50 bits per heavy atom. The molecule has 1 aliphatic heterocycles. The second kappa shape index (κ2) is 9.30. The third kappa shape index (κ3) is 4.35. The minimum atomic E-state index is -3.59. The van der Waals surface area contributed by atoms with E-state index in [1.54, 1.807) is 47.8 Å². The first-order chi connectivity index (χ1) is 15.4. The van der Waals surface area contributed by atoms with Crippen LogP contribution in [-0.2, 0) is 10.0 Å². The van der Waals surface area contributed by atoms with Crippen LogP contribution in [0.5, 0.6) is 11.5 Å². The van der Waals surface area contributed by atoms with E-state index in [-0.39, 0.29) is 16.8 Å². The molecule has 1 saturated heterocycles. The molecular formula is C23H27N3O5S. The van der Waals surface area contributed by atoms with Crippen LogP contribution in [0.3, 0.4) is 0 Å². The van der Waals surface area contributed by atoms with Gasteiger partial charge in [-0.3, -0.25) is 0 Å². The van der Waals surface area contributed by atoms with Crippen LogP contribution in [0.1, 0.15) is 33.1 Å². The first-order valence-corrected chi connectivity index (χ1v) is 12.1. The third-order valence-electron chi connectivity index (χ3n) is 5.57. The fourth-order valence-electron chi connectivity index (χ4n) is 3.89. The van der Waals surface area contributed by atoms with Crippen LogP contribution in [0.25, 0.3) is 22.9 Å². The van der Waals surface area contributed by atoms with Crippen molar-refractivity contribution in [1.29, 1.82) is 0 Å². The van der Waals surface area contributed by atoms with Crippen LogP contribution in [0, 0.1) is 0 Å². The van der Waals surface area contributed by atoms with E-state index in [9.17, 15) is 8.42 Å². The predicted octanol–water partition coefficient (Wildman–Crippen LogP) is 4.37. The molecule has 32 heavy (non-hydrogen) atoms. The van der Waals surface area contributed by atoms with Crippen molar-refractivity contribution in [2.45, 2.75) is 44.0 Å². The van der Waals surface area contributed by atoms with E-state index in [0.29, 0.717) is 41.7 Å². The number of methoxy groups -OCH3 is 1. The highest BCUT2D eigenvalue weighted by molar-refractivity contribution is 7.89. The molecule has 0 saturated carbocycles. The van der Waals surface area contributed by atoms with Gasteiger partial charge in [0.2, 0.25) is 21.8 Å². The van der Waals surface area contributed by atoms with Crippen LogP contribution in [-0.4, -0.2) is 49.2 Å². The van der Waals surface area contributed by atoms with Gasteiger partial charge in [-0.15, -0.1) is 10.2 Å². The van der Waals surface area contributed by atoms with E-state index in [0.717, 1.165) is 19.3 Å². The van der Waals surface area contributed by atoms with Crippen molar-refractivity contribution in [1.82, 2.24) is 14.5 Å². The predicted molar refractivity (Wildman–Crippen MR) is 120 cm³/mol. The van der Waals surface area contributed by atoms with E-state index in [1.807, 2.05) is 19.9 Å². The van der Waals surface area contributed by atoms with Crippen LogP contribution < -0.4 is 9.47 Å². The second-order valence-corrected chi connectivity index (χ2v) is 9.59. The summed E-state index contributed by atoms with van der Waals surface area (Å²) >= 11 is 0. The summed E-state index contributed by atoms with van der Waals surface area (Å²) in [5.74, 6) is 1.74. The van der Waals surface area contributed by atoms with Crippen LogP contribution in [0.4, 0.5) is 0 Å². The Morgan fingerprint density at radius 1 is 1.06 bits per heavy atom. The largest absolute Gasteiger partial charge is 0.493 e. The molecular weight excluding hydrogens is 430 g/mol. The van der Waals surface area contributed by atoms with E-state index >= 15 is 0 Å². The summed E-state index contributed by atoms with van der Waals surface area (Å²) in [6.45, 7) is 4.92. The molecule has 0 aliphatic carbocycles. The van der Waals surface area contributed by atoms with Gasteiger partial charge in [0.15, 0.2) is 11.5 Å². The molecule has 8 nitrogen and oxygen atoms in total. The normalized spacial score (nSPS) is 17.3. The van der Waals surface area contributed by atoms with E-state index < -0.39 is 10.0 Å². The number of nitrogens with zero attached hydrogens (tertiary/aromatic N) is 3. The highest BCUT2D eigenvalue weighted by Gasteiger charge is 2.31. The maximum Gasteiger partial charge on any atom is 0.248 e. The lowest BCUT2D eigenvalue weighted by Crippen LogP contribution is -2.41. The molecule has 0 bridgehead atoms. The van der Waals surface area contributed by atoms with Crippen molar-refractivity contribution in [3.05, 3.63) is 42.5 Å². The van der Waals surface area contributed by atoms with Crippen LogP contribution >= 0.6 is 0 Å². The van der Waals surface area contributed by atoms with Gasteiger partial charge in [-0.25, -0.2) is 8.42 Å². The zero-order valence-electron chi connectivity index (χ0n) is 18.4. The Bertz CT molecular complexity index is 1190. The molecule has 170 valence electrons. The summed E-state index contributed by atoms with van der Waals surface area (Å²) < 4.78 is 44.8. The number of hydrogen-bond acceptors (Lipinski definition) is 7. The van der Waals surface area contributed by atoms with E-state index in [1.165, 1.54) is 0 Å². The number of piperidine rings is 1. The number of hydrogen-bond donors (Lipinski definition) is 0. The summed E-state index contributed by atoms with van der Waals surface area (Å²) in [6.07, 6.45) is 2.80. The zero-order chi connectivity index (χ0) is 22.7. The third-order valence-corrected chi connectivity index (χ3v) is 7.57. The maximum atomic E-state index is 13.2. The highest BCUT2D eigenvalue weighted by Crippen LogP contribution is 2.34. The van der Waals surface area contributed by atoms with Gasteiger partial charge in [0, 0.05) is 23.7 Å². The average Bonchev–Trinajstić information content (AvgIpc) is 3.30. The van der Waals surface area contributed by atoms with Crippen molar-refractivity contribution in [3.63, 3.8) is 0 Å². The standard InChI is InChI=1S/C23H27N3O5S/c1-4-30-20-12-11-18(15-21(20)29-3)23-25-24-22(31-23)17-9-7-10-19(14-17)32(27,28)26-13-6-5-8-16(26)2/h7,9-12,14-16H,4-6,8,13H2,1-3H3. The summed E-state index contributed by atoms with van der Waals surface area (Å²) in [6, 6.07) is 12.0. The van der Waals surface area contributed by atoms with Gasteiger partial charge in [0.25, 0.3) is 0 Å². The lowest BCUT2D eigenvalue weighted by atomic mass is 10.1. The fourth-order valence-corrected chi connectivity index (χ4v) is 5.63. The fraction of sp³-hybridized carbons (Fsp3) is 0.391. The van der Waals surface area contributed by atoms with Crippen molar-refractivity contribution in [2.24, 2.45) is 0 Å². The molecule has 4 rings (SSSR count). The monoisotopic (exact) mass is 457 g/mol. The molecule has 0 N–H and O–H groups in total. The number of sulfonamides is 1. The van der Waals surface area contributed by atoms with E-state index in [4.69, 9.17) is 13.9 Å². The second-order valence-electron chi connectivity index (χ2n) is 7.70. The lowest BCUT2D eigenvalue weighted by molar-refractivity contribution is 0.268. The molecule has 1 atom stereocenters. The van der Waals surface area contributed by atoms with Crippen molar-refractivity contribution in [3.8, 4) is 34.4 Å². The Kier molecular flexibility index (Phi) is 6.48. The Labute approximate surface area is 188 Å². The van der Waals surface area contributed by atoms with Crippen molar-refractivity contribution < 1.29 is 22.3 Å². The molecule has 3 aromatic rings. The van der Waals surface area contributed by atoms with Gasteiger partial charge >= 0.3 is 0 Å². The smallest absolute Gasteiger partial charge is 0.248 e. The summed E-state index contributed by atoms with van der Waals surface area (Å²) in [5.41, 5.74) is 1.22. The summed E-state index contributed by atoms with van der Waals surface area (Å²) in [7, 11) is -2.03. The number of ether oxygens (including phenoxy) is 2. The average molecular weight is 458 g/mol. The Balaban J connectivity index is 1.63. The molecule has 1 unspecified atom stereocenters. The molecule has 9 heteroatoms. The van der Waals surface area contributed by atoms with Crippen molar-refractivity contribution >= 4 is 10.0 Å². The van der Waals surface area contributed by atoms with Gasteiger partial charge < -0.3 is 13.9 Å². The molecule has 1 aromatic heterocycles. The molecule has 2 aromatic carbocycles. The quantitative estimate of drug-likeness (QED) is 0.520. The molecule has 1 fully saturated rings. The first-order valence-electron chi connectivity index (χ1n) is 10.7. The highest BCUT2D eigenvalue weighted by atomic mass is 32.2. The first kappa shape index (κ1) is 22.3. The van der Waals surface area contributed by atoms with Crippen LogP contribution in [0.15, 0.2) is 51.8 Å². The van der Waals surface area contributed by atoms with E-state index in [2.05, 4.69) is 10.2 Å². The number of aromatic nitrogens is 2. The summed E-state index contributed by atoms with van der Waals surface area (Å²) in [4.78, 5) is 0.228. The van der Waals surface area contributed by atoms with Gasteiger partial charge in [-0.1, -0.05) is 12.5 Å². The van der Waals surface area contributed by atoms with Gasteiger partial charge in [0.05, 0.1) is 18.6 Å². The minimum absolute atomic E-state index is 0.0120. The zero-order valence-corrected chi connectivity index (χ0v) is 19.3. The topological polar surface area (TPSA) is 94.8 Å². The summed E-state index contributed by atoms with van der Waals surface area (Å²) in [5, 5.41) is 8.27. The SMILES string of the molecule is CCOc1ccc(-c2nnc(-c3cccc(S(=O)(=O)N4CCCCC4C)c3)o2)cc1OC. The lowest BCUT2D eigenvalue weighted by Gasteiger charge is -2.32. The van der Waals surface area contributed by atoms with Gasteiger partial charge in [-0.2, -0.15) is 4.31 Å². The molecule has 0 spiro atoms. The van der Waals surface area contributed by atoms with Gasteiger partial charge in [0.1, 0.15) is 0 Å². The molecule has 2 heterocycles. The molecule has 0 radical (unpaired) electrons. The number of rotatable bonds is 7. The Morgan fingerprint density at radius 2 is 1.81 bits per heavy atom. The molecule has 1 aliphatic rings. The van der Waals surface area contributed by atoms with Gasteiger partial charge in [-0.05, 0) is 63.1 Å². The maximum absolute atomic E-state index is 13.2. The van der Waals surface area contributed by atoms with Crippen LogP contribution in [0.2, 0.25) is 0 Å². The minimum Gasteiger partial charge on any atom is -0.493 e. The Hall–Kier alpha value is -2.91. The molecule has 0 amide bonds. The number of benzene rings is 2. The van der Waals surface area contributed by atoms with Crippen molar-refractivity contribution in [2.75, 3.05) is 20.3 Å².